The van der Waals surface area contributed by atoms with Gasteiger partial charge in [-0.25, -0.2) is 4.79 Å². The van der Waals surface area contributed by atoms with E-state index in [1.165, 1.54) is 54.0 Å². The SMILES string of the molecule is CC1=C(CCOC(=O)c2ccccc2SSCC(CO[N+](=O)[O-])O[N+](=O)[O-])CC=N1.Cc1ccc(SSCC(CO[N+](=O)[O-])O[N+](=O)[O-])cc1Cl.Cc1cccc(SSCC(CO[N+](=O)[O-])O[N+](=O)[O-])c1. The van der Waals surface area contributed by atoms with Crippen molar-refractivity contribution in [1.82, 2.24) is 0 Å². The largest absolute Gasteiger partial charge is 0.462 e. The van der Waals surface area contributed by atoms with Crippen LogP contribution in [0.1, 0.15) is 41.3 Å². The number of nitrogens with zero attached hydrogens (tertiary/aromatic N) is 7. The Morgan fingerprint density at radius 2 is 1.13 bits per heavy atom. The zero-order valence-corrected chi connectivity index (χ0v) is 42.8. The zero-order valence-electron chi connectivity index (χ0n) is 37.1. The predicted molar refractivity (Wildman–Crippen MR) is 264 cm³/mol. The van der Waals surface area contributed by atoms with Crippen LogP contribution in [0.15, 0.2) is 97.7 Å². The van der Waals surface area contributed by atoms with Gasteiger partial charge in [0.1, 0.15) is 38.1 Å². The van der Waals surface area contributed by atoms with Crippen LogP contribution in [-0.2, 0) is 33.8 Å². The number of ether oxygens (including phenoxy) is 1. The number of carbonyl (C=O) groups excluding carboxylic acids is 1. The average Bonchev–Trinajstić information content (AvgIpc) is 3.71. The van der Waals surface area contributed by atoms with E-state index in [2.05, 4.69) is 34.0 Å². The quantitative estimate of drug-likeness (QED) is 0.0250. The Morgan fingerprint density at radius 3 is 1.58 bits per heavy atom. The van der Waals surface area contributed by atoms with E-state index in [0.29, 0.717) is 21.9 Å². The molecule has 3 atom stereocenters. The molecule has 0 saturated heterocycles. The van der Waals surface area contributed by atoms with Crippen molar-refractivity contribution < 1.29 is 69.1 Å². The van der Waals surface area contributed by atoms with Crippen molar-refractivity contribution >= 4 is 88.5 Å². The molecule has 3 aromatic rings. The van der Waals surface area contributed by atoms with E-state index >= 15 is 0 Å². The molecular weight excluding hydrogens is 1090 g/mol. The molecule has 0 saturated carbocycles. The van der Waals surface area contributed by atoms with Crippen LogP contribution in [0.4, 0.5) is 0 Å². The molecule has 4 rings (SSSR count). The minimum atomic E-state index is -1.13. The summed E-state index contributed by atoms with van der Waals surface area (Å²) in [5, 5.41) is 56.1. The zero-order chi connectivity index (χ0) is 52.7. The molecule has 3 aromatic carbocycles. The summed E-state index contributed by atoms with van der Waals surface area (Å²) in [4.78, 5) is 106. The van der Waals surface area contributed by atoms with Crippen LogP contribution in [0.3, 0.4) is 0 Å². The highest BCUT2D eigenvalue weighted by molar-refractivity contribution is 8.77. The summed E-state index contributed by atoms with van der Waals surface area (Å²) in [5.74, 6) is -0.125. The van der Waals surface area contributed by atoms with Crippen LogP contribution in [0.25, 0.3) is 0 Å². The number of halogens is 1. The van der Waals surface area contributed by atoms with Gasteiger partial charge in [0, 0.05) is 61.7 Å². The third-order valence-electron chi connectivity index (χ3n) is 8.03. The molecule has 0 spiro atoms. The van der Waals surface area contributed by atoms with Gasteiger partial charge in [0.25, 0.3) is 30.5 Å². The highest BCUT2D eigenvalue weighted by Gasteiger charge is 2.20. The van der Waals surface area contributed by atoms with Gasteiger partial charge in [0.15, 0.2) is 0 Å². The number of rotatable bonds is 31. The molecule has 0 N–H and O–H groups in total. The van der Waals surface area contributed by atoms with Gasteiger partial charge >= 0.3 is 5.97 Å². The van der Waals surface area contributed by atoms with Crippen molar-refractivity contribution in [1.29, 1.82) is 0 Å². The highest BCUT2D eigenvalue weighted by atomic mass is 35.5. The average molecular weight is 1130 g/mol. The molecule has 1 aliphatic heterocycles. The topological polar surface area (TPSA) is 353 Å². The number of benzene rings is 3. The Kier molecular flexibility index (Phi) is 29.7. The van der Waals surface area contributed by atoms with E-state index in [4.69, 9.17) is 16.3 Å². The van der Waals surface area contributed by atoms with Crippen LogP contribution in [0.2, 0.25) is 5.02 Å². The number of aliphatic imine (C=N–C) groups is 1. The standard InChI is InChI=1S/C17H19N3O8S2.C10H11ClN2O6S2.C10H12N2O6S2/c1-12-13(6-8-18-12)7-9-26-17(21)15-4-2-3-5-16(15)30-29-11-14(28-20(24)25)10-27-19(22)23;1-7-2-3-9(4-10(7)11)21-20-6-8(19-13(16)17)5-18-12(14)15;1-8-3-2-4-10(5-8)20-19-7-9(18-12(15)16)6-17-11(13)14/h2-5,8,14H,6-7,9-11H2,1H3;2-4,8H,5-6H2,1H3;2-5,9H,6-7H2,1H3. The van der Waals surface area contributed by atoms with E-state index in [0.717, 1.165) is 49.4 Å². The number of allylic oxidation sites excluding steroid dienone is 1. The molecule has 27 nitrogen and oxygen atoms in total. The van der Waals surface area contributed by atoms with Gasteiger partial charge in [-0.05, 0) is 73.9 Å². The fourth-order valence-corrected chi connectivity index (χ4v) is 11.9. The first-order valence-electron chi connectivity index (χ1n) is 19.7. The number of hydrogen-bond acceptors (Lipinski definition) is 27. The molecule has 0 bridgehead atoms. The fraction of sp³-hybridized carbons (Fsp3) is 0.405. The minimum absolute atomic E-state index is 0.0241. The lowest BCUT2D eigenvalue weighted by atomic mass is 10.1. The normalized spacial score (nSPS) is 12.6. The second-order valence-electron chi connectivity index (χ2n) is 13.3. The van der Waals surface area contributed by atoms with E-state index < -0.39 is 74.6 Å². The molecule has 34 heteroatoms. The smallest absolute Gasteiger partial charge is 0.339 e. The lowest BCUT2D eigenvalue weighted by Crippen LogP contribution is -2.26. The molecule has 388 valence electrons. The first-order valence-corrected chi connectivity index (χ1v) is 27.0. The summed E-state index contributed by atoms with van der Waals surface area (Å²) in [6, 6.07) is 20.0. The van der Waals surface area contributed by atoms with Gasteiger partial charge in [0.2, 0.25) is 0 Å². The maximum atomic E-state index is 12.4. The van der Waals surface area contributed by atoms with E-state index in [1.807, 2.05) is 63.4 Å². The summed E-state index contributed by atoms with van der Waals surface area (Å²) in [6.07, 6.45) is 0.0500. The third-order valence-corrected chi connectivity index (χ3v) is 15.7. The summed E-state index contributed by atoms with van der Waals surface area (Å²) >= 11 is 5.98. The Balaban J connectivity index is 0.000000376. The van der Waals surface area contributed by atoms with Crippen LogP contribution in [0, 0.1) is 74.5 Å². The Labute approximate surface area is 431 Å². The molecule has 1 heterocycles. The second kappa shape index (κ2) is 34.5. The number of aryl methyl sites for hydroxylation is 2. The van der Waals surface area contributed by atoms with Crippen LogP contribution >= 0.6 is 76.4 Å². The number of carbonyl (C=O) groups is 1. The molecule has 3 unspecified atom stereocenters. The van der Waals surface area contributed by atoms with Crippen molar-refractivity contribution in [2.75, 3.05) is 43.7 Å². The second-order valence-corrected chi connectivity index (χ2v) is 20.9. The number of hydrogen-bond donors (Lipinski definition) is 0. The number of esters is 1. The monoisotopic (exact) mass is 1130 g/mol. The lowest BCUT2D eigenvalue weighted by Gasteiger charge is -2.13. The van der Waals surface area contributed by atoms with Crippen molar-refractivity contribution in [3.8, 4) is 0 Å². The van der Waals surface area contributed by atoms with Crippen LogP contribution < -0.4 is 0 Å². The predicted octanol–water partition coefficient (Wildman–Crippen LogP) is 9.20. The summed E-state index contributed by atoms with van der Waals surface area (Å²) in [7, 11) is 7.62. The molecular formula is C37H42ClN7O20S6. The molecule has 0 aromatic heterocycles. The van der Waals surface area contributed by atoms with Crippen molar-refractivity contribution in [2.45, 2.75) is 66.6 Å². The minimum Gasteiger partial charge on any atom is -0.462 e. The first-order chi connectivity index (χ1) is 33.7. The van der Waals surface area contributed by atoms with Crippen molar-refractivity contribution in [3.63, 3.8) is 0 Å². The highest BCUT2D eigenvalue weighted by Crippen LogP contribution is 2.36. The van der Waals surface area contributed by atoms with Gasteiger partial charge in [-0.1, -0.05) is 107 Å². The van der Waals surface area contributed by atoms with Crippen molar-refractivity contribution in [3.05, 3.63) is 160 Å². The van der Waals surface area contributed by atoms with Crippen LogP contribution in [0.5, 0.6) is 0 Å². The van der Waals surface area contributed by atoms with Gasteiger partial charge in [-0.15, -0.1) is 60.7 Å². The third kappa shape index (κ3) is 28.5. The van der Waals surface area contributed by atoms with Gasteiger partial charge in [-0.3, -0.25) is 4.99 Å². The molecule has 0 amide bonds. The summed E-state index contributed by atoms with van der Waals surface area (Å²) < 4.78 is 5.36. The Bertz CT molecular complexity index is 2330. The maximum Gasteiger partial charge on any atom is 0.339 e. The van der Waals surface area contributed by atoms with Gasteiger partial charge in [0.05, 0.1) is 12.2 Å². The molecule has 0 radical (unpaired) electrons. The Morgan fingerprint density at radius 1 is 0.634 bits per heavy atom. The fourth-order valence-electron chi connectivity index (χ4n) is 4.81. The van der Waals surface area contributed by atoms with E-state index in [9.17, 15) is 65.5 Å². The maximum absolute atomic E-state index is 12.4. The van der Waals surface area contributed by atoms with Gasteiger partial charge in [-0.2, -0.15) is 0 Å². The molecule has 0 aliphatic carbocycles. The molecule has 71 heavy (non-hydrogen) atoms. The van der Waals surface area contributed by atoms with E-state index in [1.54, 1.807) is 30.3 Å². The van der Waals surface area contributed by atoms with E-state index in [-0.39, 0.29) is 23.9 Å². The molecule has 1 aliphatic rings. The van der Waals surface area contributed by atoms with Gasteiger partial charge < -0.3 is 33.8 Å². The van der Waals surface area contributed by atoms with Crippen molar-refractivity contribution in [2.24, 2.45) is 4.99 Å². The van der Waals surface area contributed by atoms with Crippen LogP contribution in [-0.4, -0.2) is 105 Å². The Hall–Kier alpha value is -5.87. The summed E-state index contributed by atoms with van der Waals surface area (Å²) in [6.45, 7) is 4.42. The lowest BCUT2D eigenvalue weighted by molar-refractivity contribution is -0.788. The summed E-state index contributed by atoms with van der Waals surface area (Å²) in [5.41, 5.74) is 4.49. The molecule has 0 fully saturated rings. The first kappa shape index (κ1) is 61.3.